The molecule has 2 heterocycles. The first-order valence-electron chi connectivity index (χ1n) is 12.6. The summed E-state index contributed by atoms with van der Waals surface area (Å²) in [5.74, 6) is 1.34. The number of anilines is 1. The summed E-state index contributed by atoms with van der Waals surface area (Å²) >= 11 is 0. The molecule has 0 bridgehead atoms. The topological polar surface area (TPSA) is 126 Å². The third-order valence-electron chi connectivity index (χ3n) is 6.39. The van der Waals surface area contributed by atoms with Crippen LogP contribution in [0.5, 0.6) is 17.2 Å². The molecule has 13 heteroatoms. The van der Waals surface area contributed by atoms with E-state index in [9.17, 15) is 12.8 Å². The van der Waals surface area contributed by atoms with Gasteiger partial charge in [0, 0.05) is 36.0 Å². The van der Waals surface area contributed by atoms with E-state index in [0.29, 0.717) is 46.4 Å². The number of halogens is 1. The Morgan fingerprint density at radius 3 is 2.39 bits per heavy atom. The molecule has 0 saturated heterocycles. The number of nitrogens with zero attached hydrogens (tertiary/aromatic N) is 4. The van der Waals surface area contributed by atoms with Crippen LogP contribution in [0.4, 0.5) is 10.3 Å². The summed E-state index contributed by atoms with van der Waals surface area (Å²) in [5.41, 5.74) is 2.52. The molecule has 5 rings (SSSR count). The molecule has 0 saturated carbocycles. The molecule has 1 N–H and O–H groups in total. The molecule has 0 amide bonds. The molecule has 5 aromatic rings. The first kappa shape index (κ1) is 28.1. The van der Waals surface area contributed by atoms with E-state index in [4.69, 9.17) is 18.4 Å². The van der Waals surface area contributed by atoms with E-state index in [0.717, 1.165) is 11.1 Å². The van der Waals surface area contributed by atoms with Crippen molar-refractivity contribution in [3.63, 3.8) is 0 Å². The molecule has 3 aromatic carbocycles. The maximum Gasteiger partial charge on any atom is 0.296 e. The van der Waals surface area contributed by atoms with Gasteiger partial charge in [-0.3, -0.25) is 4.18 Å². The second-order valence-corrected chi connectivity index (χ2v) is 10.7. The van der Waals surface area contributed by atoms with Gasteiger partial charge in [0.15, 0.2) is 23.0 Å². The average molecular weight is 582 g/mol. The summed E-state index contributed by atoms with van der Waals surface area (Å²) in [7, 11) is 0.557. The van der Waals surface area contributed by atoms with Gasteiger partial charge in [0.25, 0.3) is 10.1 Å². The average Bonchev–Trinajstić information content (AvgIpc) is 3.40. The monoisotopic (exact) mass is 581 g/mol. The summed E-state index contributed by atoms with van der Waals surface area (Å²) in [6, 6.07) is 14.6. The lowest BCUT2D eigenvalue weighted by molar-refractivity contribution is 0.319. The van der Waals surface area contributed by atoms with Gasteiger partial charge < -0.3 is 19.5 Å². The Balaban J connectivity index is 1.46. The number of ether oxygens (including phenoxy) is 3. The van der Waals surface area contributed by atoms with Gasteiger partial charge in [0.2, 0.25) is 5.95 Å². The Labute approximate surface area is 236 Å². The minimum atomic E-state index is -3.96. The highest BCUT2D eigenvalue weighted by Gasteiger charge is 2.19. The molecule has 11 nitrogen and oxygen atoms in total. The molecule has 2 aromatic heterocycles. The Kier molecular flexibility index (Phi) is 7.90. The SMILES string of the molecule is COc1ccc(CNc2nc3cc(OC)c(F)cc3c3nc(CCOS(=O)(=O)c4ccc(C)cc4)nn23)c(OC)c1. The quantitative estimate of drug-likeness (QED) is 0.226. The Bertz CT molecular complexity index is 1830. The van der Waals surface area contributed by atoms with Crippen LogP contribution in [0.1, 0.15) is 17.0 Å². The summed E-state index contributed by atoms with van der Waals surface area (Å²) in [6.07, 6.45) is 0.0820. The van der Waals surface area contributed by atoms with Crippen LogP contribution in [-0.2, 0) is 27.3 Å². The fourth-order valence-corrected chi connectivity index (χ4v) is 5.13. The lowest BCUT2D eigenvalue weighted by atomic mass is 10.2. The summed E-state index contributed by atoms with van der Waals surface area (Å²) in [5, 5.41) is 8.17. The molecule has 0 unspecified atom stereocenters. The van der Waals surface area contributed by atoms with E-state index < -0.39 is 15.9 Å². The predicted octanol–water partition coefficient (Wildman–Crippen LogP) is 4.31. The second kappa shape index (κ2) is 11.6. The molecular weight excluding hydrogens is 553 g/mol. The first-order chi connectivity index (χ1) is 19.7. The summed E-state index contributed by atoms with van der Waals surface area (Å²) in [6.45, 7) is 1.99. The van der Waals surface area contributed by atoms with Gasteiger partial charge in [0.1, 0.15) is 11.5 Å². The number of benzene rings is 3. The summed E-state index contributed by atoms with van der Waals surface area (Å²) in [4.78, 5) is 9.27. The maximum atomic E-state index is 14.7. The van der Waals surface area contributed by atoms with Crippen molar-refractivity contribution in [1.29, 1.82) is 0 Å². The zero-order valence-corrected chi connectivity index (χ0v) is 23.7. The van der Waals surface area contributed by atoms with E-state index in [2.05, 4.69) is 20.4 Å². The Morgan fingerprint density at radius 1 is 0.927 bits per heavy atom. The number of hydrogen-bond acceptors (Lipinski definition) is 10. The van der Waals surface area contributed by atoms with Gasteiger partial charge in [-0.25, -0.2) is 14.4 Å². The molecule has 0 radical (unpaired) electrons. The highest BCUT2D eigenvalue weighted by Crippen LogP contribution is 2.29. The molecule has 0 aliphatic carbocycles. The molecule has 214 valence electrons. The zero-order valence-electron chi connectivity index (χ0n) is 22.8. The molecule has 0 atom stereocenters. The van der Waals surface area contributed by atoms with Crippen molar-refractivity contribution in [2.75, 3.05) is 33.3 Å². The van der Waals surface area contributed by atoms with Crippen LogP contribution in [0.15, 0.2) is 59.5 Å². The van der Waals surface area contributed by atoms with E-state index >= 15 is 0 Å². The van der Waals surface area contributed by atoms with Gasteiger partial charge in [-0.1, -0.05) is 17.7 Å². The smallest absolute Gasteiger partial charge is 0.296 e. The van der Waals surface area contributed by atoms with E-state index in [1.807, 2.05) is 19.1 Å². The van der Waals surface area contributed by atoms with Gasteiger partial charge in [-0.2, -0.15) is 12.9 Å². The van der Waals surface area contributed by atoms with Crippen LogP contribution in [-0.4, -0.2) is 55.9 Å². The van der Waals surface area contributed by atoms with Gasteiger partial charge in [0.05, 0.1) is 38.3 Å². The van der Waals surface area contributed by atoms with Crippen LogP contribution < -0.4 is 19.5 Å². The first-order valence-corrected chi connectivity index (χ1v) is 14.0. The Hall–Kier alpha value is -4.49. The van der Waals surface area contributed by atoms with Crippen LogP contribution in [0.3, 0.4) is 0 Å². The third kappa shape index (κ3) is 5.86. The minimum Gasteiger partial charge on any atom is -0.497 e. The lowest BCUT2D eigenvalue weighted by Gasteiger charge is -2.13. The number of aromatic nitrogens is 4. The van der Waals surface area contributed by atoms with Crippen LogP contribution in [0, 0.1) is 12.7 Å². The predicted molar refractivity (Wildman–Crippen MR) is 150 cm³/mol. The van der Waals surface area contributed by atoms with Crippen molar-refractivity contribution < 1.29 is 31.2 Å². The largest absolute Gasteiger partial charge is 0.497 e. The maximum absolute atomic E-state index is 14.7. The number of aryl methyl sites for hydroxylation is 1. The highest BCUT2D eigenvalue weighted by molar-refractivity contribution is 7.86. The zero-order chi connectivity index (χ0) is 29.1. The normalized spacial score (nSPS) is 11.6. The summed E-state index contributed by atoms with van der Waals surface area (Å²) < 4.78 is 62.4. The van der Waals surface area contributed by atoms with Gasteiger partial charge in [-0.05, 0) is 37.3 Å². The number of hydrogen-bond donors (Lipinski definition) is 1. The highest BCUT2D eigenvalue weighted by atomic mass is 32.2. The fourth-order valence-electron chi connectivity index (χ4n) is 4.22. The molecular formula is C28H28FN5O6S. The molecule has 0 aliphatic rings. The minimum absolute atomic E-state index is 0.0339. The van der Waals surface area contributed by atoms with Crippen molar-refractivity contribution >= 4 is 32.6 Å². The third-order valence-corrected chi connectivity index (χ3v) is 7.72. The van der Waals surface area contributed by atoms with Crippen LogP contribution >= 0.6 is 0 Å². The van der Waals surface area contributed by atoms with Crippen LogP contribution in [0.2, 0.25) is 0 Å². The van der Waals surface area contributed by atoms with Crippen molar-refractivity contribution in [2.45, 2.75) is 24.8 Å². The molecule has 0 fully saturated rings. The Morgan fingerprint density at radius 2 is 1.68 bits per heavy atom. The number of rotatable bonds is 11. The standard InChI is InChI=1S/C28H28FN5O6S/c1-17-5-9-20(10-6-17)41(35,36)40-12-11-26-32-27-21-14-22(29)25(39-4)15-23(21)31-28(34(27)33-26)30-16-18-7-8-19(37-2)13-24(18)38-3/h5-10,13-15H,11-12,16H2,1-4H3,(H,30,31). The van der Waals surface area contributed by atoms with E-state index in [1.54, 1.807) is 32.4 Å². The van der Waals surface area contributed by atoms with Gasteiger partial charge in [-0.15, -0.1) is 5.10 Å². The van der Waals surface area contributed by atoms with Crippen molar-refractivity contribution in [1.82, 2.24) is 19.6 Å². The van der Waals surface area contributed by atoms with Crippen molar-refractivity contribution in [3.8, 4) is 17.2 Å². The number of nitrogens with one attached hydrogen (secondary N) is 1. The van der Waals surface area contributed by atoms with E-state index in [1.165, 1.54) is 35.9 Å². The van der Waals surface area contributed by atoms with Crippen LogP contribution in [0.25, 0.3) is 16.6 Å². The number of fused-ring (bicyclic) bond motifs is 3. The molecule has 0 aliphatic heterocycles. The molecule has 41 heavy (non-hydrogen) atoms. The second-order valence-electron chi connectivity index (χ2n) is 9.07. The fraction of sp³-hybridized carbons (Fsp3) is 0.250. The van der Waals surface area contributed by atoms with Crippen molar-refractivity contribution in [2.24, 2.45) is 0 Å². The van der Waals surface area contributed by atoms with Gasteiger partial charge >= 0.3 is 0 Å². The molecule has 0 spiro atoms. The lowest BCUT2D eigenvalue weighted by Crippen LogP contribution is -2.10. The van der Waals surface area contributed by atoms with E-state index in [-0.39, 0.29) is 23.7 Å². The number of methoxy groups -OCH3 is 3. The van der Waals surface area contributed by atoms with Crippen molar-refractivity contribution in [3.05, 3.63) is 77.4 Å².